The van der Waals surface area contributed by atoms with Crippen LogP contribution in [-0.4, -0.2) is 49.3 Å². The smallest absolute Gasteiger partial charge is 0.241 e. The molecule has 1 saturated heterocycles. The summed E-state index contributed by atoms with van der Waals surface area (Å²) in [7, 11) is 0. The molecule has 1 amide bonds. The fourth-order valence-electron chi connectivity index (χ4n) is 2.16. The van der Waals surface area contributed by atoms with E-state index in [1.54, 1.807) is 11.8 Å². The maximum atomic E-state index is 12.2. The van der Waals surface area contributed by atoms with E-state index in [0.717, 1.165) is 31.9 Å². The van der Waals surface area contributed by atoms with Crippen LogP contribution < -0.4 is 10.6 Å². The first-order valence-electron chi connectivity index (χ1n) is 6.60. The molecule has 1 unspecified atom stereocenters. The summed E-state index contributed by atoms with van der Waals surface area (Å²) in [6, 6.07) is 7.87. The molecule has 0 bridgehead atoms. The Labute approximate surface area is 118 Å². The van der Waals surface area contributed by atoms with Crippen LogP contribution in [0.2, 0.25) is 0 Å². The number of thioether (sulfide) groups is 1. The third-order valence-corrected chi connectivity index (χ3v) is 4.18. The van der Waals surface area contributed by atoms with E-state index < -0.39 is 0 Å². The van der Waals surface area contributed by atoms with Crippen molar-refractivity contribution in [1.29, 1.82) is 0 Å². The van der Waals surface area contributed by atoms with Gasteiger partial charge in [-0.2, -0.15) is 0 Å². The van der Waals surface area contributed by atoms with Crippen molar-refractivity contribution < 1.29 is 4.79 Å². The molecule has 2 N–H and O–H groups in total. The second kappa shape index (κ2) is 6.93. The van der Waals surface area contributed by atoms with Crippen molar-refractivity contribution in [2.24, 2.45) is 0 Å². The van der Waals surface area contributed by atoms with Crippen LogP contribution in [0, 0.1) is 0 Å². The zero-order chi connectivity index (χ0) is 13.7. The monoisotopic (exact) mass is 279 g/mol. The summed E-state index contributed by atoms with van der Waals surface area (Å²) >= 11 is 1.70. The maximum absolute atomic E-state index is 12.2. The Morgan fingerprint density at radius 1 is 1.32 bits per heavy atom. The lowest BCUT2D eigenvalue weighted by Crippen LogP contribution is -2.51. The molecule has 0 radical (unpaired) electrons. The normalized spacial score (nSPS) is 18.0. The molecule has 1 heterocycles. The minimum absolute atomic E-state index is 0.0683. The molecule has 1 aliphatic rings. The molecule has 5 heteroatoms. The molecule has 0 aliphatic carbocycles. The summed E-state index contributed by atoms with van der Waals surface area (Å²) in [6.07, 6.45) is 2.04. The van der Waals surface area contributed by atoms with Gasteiger partial charge < -0.3 is 10.6 Å². The van der Waals surface area contributed by atoms with Gasteiger partial charge in [0.2, 0.25) is 5.91 Å². The van der Waals surface area contributed by atoms with Crippen molar-refractivity contribution in [2.45, 2.75) is 17.9 Å². The zero-order valence-electron chi connectivity index (χ0n) is 11.5. The minimum Gasteiger partial charge on any atom is -0.325 e. The van der Waals surface area contributed by atoms with E-state index in [1.165, 1.54) is 4.90 Å². The molecular weight excluding hydrogens is 258 g/mol. The van der Waals surface area contributed by atoms with Gasteiger partial charge in [0, 0.05) is 36.8 Å². The van der Waals surface area contributed by atoms with Crippen LogP contribution in [0.1, 0.15) is 6.92 Å². The highest BCUT2D eigenvalue weighted by Gasteiger charge is 2.22. The predicted molar refractivity (Wildman–Crippen MR) is 80.8 cm³/mol. The summed E-state index contributed by atoms with van der Waals surface area (Å²) in [5.41, 5.74) is 0.866. The number of amides is 1. The zero-order valence-corrected chi connectivity index (χ0v) is 12.3. The van der Waals surface area contributed by atoms with E-state index in [1.807, 2.05) is 37.4 Å². The Morgan fingerprint density at radius 3 is 2.53 bits per heavy atom. The fraction of sp³-hybridized carbons (Fsp3) is 0.500. The average Bonchev–Trinajstić information content (AvgIpc) is 2.48. The van der Waals surface area contributed by atoms with Crippen molar-refractivity contribution in [3.63, 3.8) is 0 Å². The van der Waals surface area contributed by atoms with Gasteiger partial charge in [-0.05, 0) is 37.4 Å². The first-order chi connectivity index (χ1) is 9.20. The first-order valence-corrected chi connectivity index (χ1v) is 7.83. The second-order valence-corrected chi connectivity index (χ2v) is 5.56. The second-order valence-electron chi connectivity index (χ2n) is 4.68. The molecule has 1 aliphatic heterocycles. The minimum atomic E-state index is -0.0812. The topological polar surface area (TPSA) is 44.4 Å². The number of benzene rings is 1. The number of carbonyl (C=O) groups is 1. The standard InChI is InChI=1S/C14H21N3OS/c1-11(17-9-7-15-8-10-17)14(18)16-12-3-5-13(19-2)6-4-12/h3-6,11,15H,7-10H2,1-2H3,(H,16,18). The van der Waals surface area contributed by atoms with Crippen molar-refractivity contribution in [2.75, 3.05) is 37.8 Å². The number of nitrogens with one attached hydrogen (secondary N) is 2. The Hall–Kier alpha value is -1.04. The molecule has 4 nitrogen and oxygen atoms in total. The van der Waals surface area contributed by atoms with E-state index in [2.05, 4.69) is 15.5 Å². The van der Waals surface area contributed by atoms with Crippen LogP contribution in [-0.2, 0) is 4.79 Å². The van der Waals surface area contributed by atoms with Gasteiger partial charge in [0.1, 0.15) is 0 Å². The number of rotatable bonds is 4. The third-order valence-electron chi connectivity index (χ3n) is 3.44. The highest BCUT2D eigenvalue weighted by molar-refractivity contribution is 7.98. The molecule has 2 rings (SSSR count). The highest BCUT2D eigenvalue weighted by atomic mass is 32.2. The number of anilines is 1. The van der Waals surface area contributed by atoms with Gasteiger partial charge in [-0.3, -0.25) is 9.69 Å². The van der Waals surface area contributed by atoms with Crippen LogP contribution in [0.15, 0.2) is 29.2 Å². The first kappa shape index (κ1) is 14.4. The average molecular weight is 279 g/mol. The molecule has 0 spiro atoms. The number of hydrogen-bond donors (Lipinski definition) is 2. The lowest BCUT2D eigenvalue weighted by atomic mass is 10.2. The Morgan fingerprint density at radius 2 is 1.95 bits per heavy atom. The van der Waals surface area contributed by atoms with Crippen molar-refractivity contribution >= 4 is 23.4 Å². The fourth-order valence-corrected chi connectivity index (χ4v) is 2.56. The molecule has 1 aromatic carbocycles. The van der Waals surface area contributed by atoms with Crippen molar-refractivity contribution in [3.05, 3.63) is 24.3 Å². The third kappa shape index (κ3) is 3.96. The van der Waals surface area contributed by atoms with E-state index in [4.69, 9.17) is 0 Å². The van der Waals surface area contributed by atoms with Gasteiger partial charge in [-0.1, -0.05) is 0 Å². The summed E-state index contributed by atoms with van der Waals surface area (Å²) < 4.78 is 0. The molecule has 1 aromatic rings. The summed E-state index contributed by atoms with van der Waals surface area (Å²) in [4.78, 5) is 15.6. The van der Waals surface area contributed by atoms with Gasteiger partial charge in [-0.25, -0.2) is 0 Å². The van der Waals surface area contributed by atoms with Gasteiger partial charge in [0.25, 0.3) is 0 Å². The molecule has 1 fully saturated rings. The van der Waals surface area contributed by atoms with Crippen LogP contribution in [0.25, 0.3) is 0 Å². The quantitative estimate of drug-likeness (QED) is 0.823. The van der Waals surface area contributed by atoms with Crippen LogP contribution >= 0.6 is 11.8 Å². The van der Waals surface area contributed by atoms with Crippen LogP contribution in [0.5, 0.6) is 0 Å². The Balaban J connectivity index is 1.91. The lowest BCUT2D eigenvalue weighted by molar-refractivity contribution is -0.120. The number of piperazine rings is 1. The highest BCUT2D eigenvalue weighted by Crippen LogP contribution is 2.17. The molecule has 19 heavy (non-hydrogen) atoms. The molecule has 104 valence electrons. The van der Waals surface area contributed by atoms with Gasteiger partial charge in [0.05, 0.1) is 6.04 Å². The van der Waals surface area contributed by atoms with E-state index >= 15 is 0 Å². The lowest BCUT2D eigenvalue weighted by Gasteiger charge is -2.31. The van der Waals surface area contributed by atoms with E-state index in [-0.39, 0.29) is 11.9 Å². The van der Waals surface area contributed by atoms with Crippen molar-refractivity contribution in [3.8, 4) is 0 Å². The molecule has 0 saturated carbocycles. The largest absolute Gasteiger partial charge is 0.325 e. The number of hydrogen-bond acceptors (Lipinski definition) is 4. The van der Waals surface area contributed by atoms with Gasteiger partial charge in [0.15, 0.2) is 0 Å². The van der Waals surface area contributed by atoms with Gasteiger partial charge >= 0.3 is 0 Å². The summed E-state index contributed by atoms with van der Waals surface area (Å²) in [5, 5.41) is 6.28. The maximum Gasteiger partial charge on any atom is 0.241 e. The van der Waals surface area contributed by atoms with Crippen LogP contribution in [0.3, 0.4) is 0 Å². The van der Waals surface area contributed by atoms with Crippen LogP contribution in [0.4, 0.5) is 5.69 Å². The Kier molecular flexibility index (Phi) is 5.24. The van der Waals surface area contributed by atoms with Crippen molar-refractivity contribution in [1.82, 2.24) is 10.2 Å². The molecule has 0 aromatic heterocycles. The summed E-state index contributed by atoms with van der Waals surface area (Å²) in [5.74, 6) is 0.0683. The van der Waals surface area contributed by atoms with E-state index in [0.29, 0.717) is 0 Å². The number of carbonyl (C=O) groups excluding carboxylic acids is 1. The molecular formula is C14H21N3OS. The summed E-state index contributed by atoms with van der Waals surface area (Å²) in [6.45, 7) is 5.75. The van der Waals surface area contributed by atoms with Gasteiger partial charge in [-0.15, -0.1) is 11.8 Å². The number of nitrogens with zero attached hydrogens (tertiary/aromatic N) is 1. The Bertz CT molecular complexity index is 415. The van der Waals surface area contributed by atoms with E-state index in [9.17, 15) is 4.79 Å². The predicted octanol–water partition coefficient (Wildman–Crippen LogP) is 1.64. The SMILES string of the molecule is CSc1ccc(NC(=O)C(C)N2CCNCC2)cc1. The molecule has 1 atom stereocenters.